The second kappa shape index (κ2) is 6.29. The first-order valence-corrected chi connectivity index (χ1v) is 8.04. The molecule has 1 aromatic carbocycles. The predicted octanol–water partition coefficient (Wildman–Crippen LogP) is 4.72. The number of rotatable bonds is 3. The molecule has 0 bridgehead atoms. The van der Waals surface area contributed by atoms with E-state index in [1.54, 1.807) is 0 Å². The molecule has 1 aliphatic heterocycles. The predicted molar refractivity (Wildman–Crippen MR) is 93.2 cm³/mol. The fourth-order valence-electron chi connectivity index (χ4n) is 4.56. The van der Waals surface area contributed by atoms with Crippen molar-refractivity contribution < 1.29 is 5.11 Å². The Morgan fingerprint density at radius 3 is 2.62 bits per heavy atom. The topological polar surface area (TPSA) is 23.5 Å². The van der Waals surface area contributed by atoms with Gasteiger partial charge in [-0.3, -0.25) is 4.90 Å². The molecule has 1 atom stereocenters. The Balaban J connectivity index is 0.00000161. The van der Waals surface area contributed by atoms with Crippen molar-refractivity contribution in [3.05, 3.63) is 29.3 Å². The van der Waals surface area contributed by atoms with Gasteiger partial charge in [0.25, 0.3) is 0 Å². The van der Waals surface area contributed by atoms with Crippen LogP contribution < -0.4 is 0 Å². The Morgan fingerprint density at radius 1 is 1.33 bits per heavy atom. The highest BCUT2D eigenvalue weighted by atomic mass is 79.9. The van der Waals surface area contributed by atoms with Gasteiger partial charge in [-0.05, 0) is 67.3 Å². The number of fused-ring (bicyclic) bond motifs is 1. The van der Waals surface area contributed by atoms with Crippen LogP contribution in [0.1, 0.15) is 56.7 Å². The highest BCUT2D eigenvalue weighted by molar-refractivity contribution is 8.93. The molecule has 1 aliphatic carbocycles. The molecule has 0 radical (unpaired) electrons. The maximum Gasteiger partial charge on any atom is 0.115 e. The highest BCUT2D eigenvalue weighted by Gasteiger charge is 2.48. The normalized spacial score (nSPS) is 24.1. The molecule has 21 heavy (non-hydrogen) atoms. The number of benzene rings is 1. The third-order valence-corrected chi connectivity index (χ3v) is 5.34. The van der Waals surface area contributed by atoms with Gasteiger partial charge in [-0.2, -0.15) is 0 Å². The van der Waals surface area contributed by atoms with Crippen LogP contribution in [0.25, 0.3) is 0 Å². The van der Waals surface area contributed by atoms with Crippen LogP contribution in [0, 0.1) is 11.3 Å². The lowest BCUT2D eigenvalue weighted by atomic mass is 9.57. The first-order chi connectivity index (χ1) is 9.52. The number of aromatic hydroxyl groups is 1. The standard InChI is InChI=1S/C18H27NO.BrH/c1-13(2)12-18(8-4-9-18)17-16-11-15(20)6-5-14(16)7-10-19(17)3;/h5-6,11,13,17,20H,4,7-10,12H2,1-3H3;1H. The van der Waals surface area contributed by atoms with Crippen molar-refractivity contribution in [2.24, 2.45) is 11.3 Å². The third kappa shape index (κ3) is 3.00. The Hall–Kier alpha value is -0.540. The van der Waals surface area contributed by atoms with Gasteiger partial charge < -0.3 is 5.11 Å². The number of nitrogens with zero attached hydrogens (tertiary/aromatic N) is 1. The Kier molecular flexibility index (Phi) is 5.04. The summed E-state index contributed by atoms with van der Waals surface area (Å²) in [7, 11) is 2.26. The molecule has 1 heterocycles. The van der Waals surface area contributed by atoms with Gasteiger partial charge in [-0.1, -0.05) is 26.3 Å². The van der Waals surface area contributed by atoms with E-state index in [-0.39, 0.29) is 17.0 Å². The van der Waals surface area contributed by atoms with E-state index in [1.165, 1.54) is 36.8 Å². The molecule has 0 saturated heterocycles. The molecule has 3 heteroatoms. The molecule has 2 aliphatic rings. The van der Waals surface area contributed by atoms with Crippen molar-refractivity contribution in [2.45, 2.75) is 52.0 Å². The largest absolute Gasteiger partial charge is 0.508 e. The molecule has 0 amide bonds. The monoisotopic (exact) mass is 353 g/mol. The Labute approximate surface area is 139 Å². The van der Waals surface area contributed by atoms with E-state index in [9.17, 15) is 5.11 Å². The minimum atomic E-state index is 0. The average molecular weight is 354 g/mol. The average Bonchev–Trinajstić information content (AvgIpc) is 2.34. The second-order valence-corrected chi connectivity index (χ2v) is 7.33. The quantitative estimate of drug-likeness (QED) is 0.849. The van der Waals surface area contributed by atoms with Crippen LogP contribution in [0.15, 0.2) is 18.2 Å². The van der Waals surface area contributed by atoms with Gasteiger partial charge >= 0.3 is 0 Å². The fourth-order valence-corrected chi connectivity index (χ4v) is 4.56. The molecular formula is C18H28BrNO. The van der Waals surface area contributed by atoms with E-state index >= 15 is 0 Å². The van der Waals surface area contributed by atoms with Gasteiger partial charge in [0, 0.05) is 12.6 Å². The van der Waals surface area contributed by atoms with E-state index in [2.05, 4.69) is 31.9 Å². The summed E-state index contributed by atoms with van der Waals surface area (Å²) >= 11 is 0. The summed E-state index contributed by atoms with van der Waals surface area (Å²) in [6.45, 7) is 5.82. The number of hydrogen-bond acceptors (Lipinski definition) is 2. The lowest BCUT2D eigenvalue weighted by molar-refractivity contribution is -0.0150. The molecule has 118 valence electrons. The molecule has 3 rings (SSSR count). The minimum Gasteiger partial charge on any atom is -0.508 e. The summed E-state index contributed by atoms with van der Waals surface area (Å²) in [6, 6.07) is 6.49. The van der Waals surface area contributed by atoms with Crippen molar-refractivity contribution in [3.63, 3.8) is 0 Å². The summed E-state index contributed by atoms with van der Waals surface area (Å²) in [5.41, 5.74) is 3.27. The Bertz CT molecular complexity index is 496. The fraction of sp³-hybridized carbons (Fsp3) is 0.667. The number of phenols is 1. The molecule has 2 nitrogen and oxygen atoms in total. The van der Waals surface area contributed by atoms with Crippen molar-refractivity contribution in [1.29, 1.82) is 0 Å². The van der Waals surface area contributed by atoms with Crippen molar-refractivity contribution in [1.82, 2.24) is 4.90 Å². The zero-order chi connectivity index (χ0) is 14.3. The molecule has 0 spiro atoms. The van der Waals surface area contributed by atoms with E-state index in [4.69, 9.17) is 0 Å². The van der Waals surface area contributed by atoms with Gasteiger partial charge in [-0.25, -0.2) is 0 Å². The van der Waals surface area contributed by atoms with Crippen molar-refractivity contribution in [2.75, 3.05) is 13.6 Å². The zero-order valence-corrected chi connectivity index (χ0v) is 15.1. The van der Waals surface area contributed by atoms with Crippen LogP contribution in [0.3, 0.4) is 0 Å². The summed E-state index contributed by atoms with van der Waals surface area (Å²) in [5, 5.41) is 9.91. The van der Waals surface area contributed by atoms with Crippen LogP contribution >= 0.6 is 17.0 Å². The first kappa shape index (κ1) is 16.8. The van der Waals surface area contributed by atoms with Crippen LogP contribution in [0.5, 0.6) is 5.75 Å². The second-order valence-electron chi connectivity index (χ2n) is 7.33. The third-order valence-electron chi connectivity index (χ3n) is 5.34. The van der Waals surface area contributed by atoms with Crippen LogP contribution in [0.4, 0.5) is 0 Å². The lowest BCUT2D eigenvalue weighted by Gasteiger charge is -2.54. The summed E-state index contributed by atoms with van der Waals surface area (Å²) in [5.74, 6) is 1.16. The van der Waals surface area contributed by atoms with E-state index in [0.29, 0.717) is 17.2 Å². The van der Waals surface area contributed by atoms with E-state index in [0.717, 1.165) is 18.9 Å². The summed E-state index contributed by atoms with van der Waals surface area (Å²) in [4.78, 5) is 2.53. The van der Waals surface area contributed by atoms with Crippen LogP contribution in [-0.2, 0) is 6.42 Å². The number of phenolic OH excluding ortho intramolecular Hbond substituents is 1. The highest BCUT2D eigenvalue weighted by Crippen LogP contribution is 2.57. The van der Waals surface area contributed by atoms with Gasteiger partial charge in [0.05, 0.1) is 0 Å². The van der Waals surface area contributed by atoms with Crippen molar-refractivity contribution in [3.8, 4) is 5.75 Å². The molecule has 0 aromatic heterocycles. The summed E-state index contributed by atoms with van der Waals surface area (Å²) < 4.78 is 0. The molecule has 1 fully saturated rings. The van der Waals surface area contributed by atoms with Gasteiger partial charge in [0.15, 0.2) is 0 Å². The molecule has 1 saturated carbocycles. The lowest BCUT2D eigenvalue weighted by Crippen LogP contribution is -2.47. The number of likely N-dealkylation sites (N-methyl/N-ethyl adjacent to an activating group) is 1. The minimum absolute atomic E-state index is 0. The van der Waals surface area contributed by atoms with Gasteiger partial charge in [0.2, 0.25) is 0 Å². The maximum atomic E-state index is 9.91. The SMILES string of the molecule is Br.CC(C)CC1(C2c3cc(O)ccc3CCN2C)CCC1. The van der Waals surface area contributed by atoms with Crippen molar-refractivity contribution >= 4 is 17.0 Å². The summed E-state index contributed by atoms with van der Waals surface area (Å²) in [6.07, 6.45) is 6.47. The van der Waals surface area contributed by atoms with Crippen LogP contribution in [-0.4, -0.2) is 23.6 Å². The maximum absolute atomic E-state index is 9.91. The van der Waals surface area contributed by atoms with Gasteiger partial charge in [-0.15, -0.1) is 17.0 Å². The zero-order valence-electron chi connectivity index (χ0n) is 13.4. The Morgan fingerprint density at radius 2 is 2.05 bits per heavy atom. The molecule has 1 N–H and O–H groups in total. The smallest absolute Gasteiger partial charge is 0.115 e. The van der Waals surface area contributed by atoms with E-state index < -0.39 is 0 Å². The van der Waals surface area contributed by atoms with Gasteiger partial charge in [0.1, 0.15) is 5.75 Å². The van der Waals surface area contributed by atoms with E-state index in [1.807, 2.05) is 12.1 Å². The molecule has 1 unspecified atom stereocenters. The molecular weight excluding hydrogens is 326 g/mol. The number of halogens is 1. The van der Waals surface area contributed by atoms with Crippen LogP contribution in [0.2, 0.25) is 0 Å². The molecule has 1 aromatic rings. The number of hydrogen-bond donors (Lipinski definition) is 1. The first-order valence-electron chi connectivity index (χ1n) is 8.04.